The highest BCUT2D eigenvalue weighted by atomic mass is 16.7. The van der Waals surface area contributed by atoms with Crippen molar-refractivity contribution in [1.29, 1.82) is 0 Å². The number of aromatic nitrogens is 3. The Morgan fingerprint density at radius 3 is 2.43 bits per heavy atom. The zero-order chi connectivity index (χ0) is 16.1. The largest absolute Gasteiger partial charge is 0.349 e. The molecule has 0 aliphatic carbocycles. The van der Waals surface area contributed by atoms with Crippen LogP contribution in [-0.2, 0) is 9.47 Å². The monoisotopic (exact) mass is 318 g/mol. The molecule has 1 aliphatic rings. The van der Waals surface area contributed by atoms with Gasteiger partial charge in [-0.05, 0) is 38.8 Å². The van der Waals surface area contributed by atoms with Gasteiger partial charge in [0, 0.05) is 26.3 Å². The molecular formula is C17H26N4O2. The van der Waals surface area contributed by atoms with Crippen LogP contribution >= 0.6 is 0 Å². The first-order chi connectivity index (χ1) is 11.3. The Morgan fingerprint density at radius 2 is 1.74 bits per heavy atom. The summed E-state index contributed by atoms with van der Waals surface area (Å²) in [6.45, 7) is 7.30. The molecule has 126 valence electrons. The predicted molar refractivity (Wildman–Crippen MR) is 89.0 cm³/mol. The lowest BCUT2D eigenvalue weighted by molar-refractivity contribution is -0.196. The van der Waals surface area contributed by atoms with Gasteiger partial charge in [0.05, 0.1) is 5.52 Å². The topological polar surface area (TPSA) is 52.4 Å². The molecule has 2 aromatic rings. The summed E-state index contributed by atoms with van der Waals surface area (Å²) in [6, 6.07) is 8.05. The summed E-state index contributed by atoms with van der Waals surface area (Å²) in [5.74, 6) is 0. The van der Waals surface area contributed by atoms with Gasteiger partial charge < -0.3 is 9.47 Å². The second-order valence-corrected chi connectivity index (χ2v) is 5.81. The molecule has 1 aliphatic heterocycles. The molecule has 1 aromatic carbocycles. The molecule has 3 rings (SSSR count). The van der Waals surface area contributed by atoms with Gasteiger partial charge in [-0.25, -0.2) is 4.68 Å². The fourth-order valence-corrected chi connectivity index (χ4v) is 3.26. The van der Waals surface area contributed by atoms with Crippen LogP contribution in [0.3, 0.4) is 0 Å². The lowest BCUT2D eigenvalue weighted by Gasteiger charge is -2.38. The molecule has 1 saturated heterocycles. The molecule has 1 atom stereocenters. The zero-order valence-electron chi connectivity index (χ0n) is 14.0. The van der Waals surface area contributed by atoms with Crippen molar-refractivity contribution in [2.45, 2.75) is 45.6 Å². The van der Waals surface area contributed by atoms with Gasteiger partial charge >= 0.3 is 0 Å². The third-order valence-corrected chi connectivity index (χ3v) is 4.30. The Kier molecular flexibility index (Phi) is 5.59. The van der Waals surface area contributed by atoms with Crippen molar-refractivity contribution < 1.29 is 9.47 Å². The van der Waals surface area contributed by atoms with E-state index in [4.69, 9.17) is 9.47 Å². The highest BCUT2D eigenvalue weighted by Gasteiger charge is 2.33. The minimum absolute atomic E-state index is 0.0809. The third kappa shape index (κ3) is 3.54. The SMILES string of the molecule is CCOC(OCC)C(N1CCCCC1)n1nnc2ccccc21. The number of piperidine rings is 1. The number of rotatable bonds is 7. The Morgan fingerprint density at radius 1 is 1.04 bits per heavy atom. The Hall–Kier alpha value is -1.50. The van der Waals surface area contributed by atoms with E-state index in [1.54, 1.807) is 0 Å². The number of hydrogen-bond donors (Lipinski definition) is 0. The van der Waals surface area contributed by atoms with Crippen molar-refractivity contribution in [3.63, 3.8) is 0 Å². The van der Waals surface area contributed by atoms with Gasteiger partial charge in [-0.2, -0.15) is 0 Å². The summed E-state index contributed by atoms with van der Waals surface area (Å²) in [4.78, 5) is 2.42. The maximum atomic E-state index is 5.92. The predicted octanol–water partition coefficient (Wildman–Crippen LogP) is 2.81. The minimum Gasteiger partial charge on any atom is -0.349 e. The standard InChI is InChI=1S/C17H26N4O2/c1-3-22-17(23-4-2)16(20-12-8-5-9-13-20)21-15-11-7-6-10-14(15)18-19-21/h6-7,10-11,16-17H,3-5,8-9,12-13H2,1-2H3. The molecule has 1 unspecified atom stereocenters. The van der Waals surface area contributed by atoms with Gasteiger partial charge in [0.2, 0.25) is 0 Å². The Bertz CT molecular complexity index is 603. The average Bonchev–Trinajstić information content (AvgIpc) is 3.01. The fourth-order valence-electron chi connectivity index (χ4n) is 3.26. The minimum atomic E-state index is -0.340. The van der Waals surface area contributed by atoms with Crippen molar-refractivity contribution in [2.75, 3.05) is 26.3 Å². The van der Waals surface area contributed by atoms with Gasteiger partial charge in [-0.3, -0.25) is 4.90 Å². The first-order valence-corrected chi connectivity index (χ1v) is 8.62. The summed E-state index contributed by atoms with van der Waals surface area (Å²) in [5, 5.41) is 8.73. The Labute approximate surface area is 137 Å². The fraction of sp³-hybridized carbons (Fsp3) is 0.647. The van der Waals surface area contributed by atoms with Gasteiger partial charge in [0.1, 0.15) is 5.52 Å². The van der Waals surface area contributed by atoms with Gasteiger partial charge in [0.15, 0.2) is 12.5 Å². The van der Waals surface area contributed by atoms with Crippen LogP contribution in [0.5, 0.6) is 0 Å². The van der Waals surface area contributed by atoms with Crippen LogP contribution in [0.1, 0.15) is 39.3 Å². The number of fused-ring (bicyclic) bond motifs is 1. The molecule has 0 spiro atoms. The number of benzene rings is 1. The summed E-state index contributed by atoms with van der Waals surface area (Å²) >= 11 is 0. The van der Waals surface area contributed by atoms with Gasteiger partial charge in [-0.1, -0.05) is 23.8 Å². The van der Waals surface area contributed by atoms with E-state index in [0.29, 0.717) is 13.2 Å². The van der Waals surface area contributed by atoms with E-state index in [1.807, 2.05) is 36.7 Å². The quantitative estimate of drug-likeness (QED) is 0.735. The zero-order valence-corrected chi connectivity index (χ0v) is 14.0. The molecular weight excluding hydrogens is 292 g/mol. The number of ether oxygens (including phenoxy) is 2. The number of para-hydroxylation sites is 1. The number of nitrogens with zero attached hydrogens (tertiary/aromatic N) is 4. The van der Waals surface area contributed by atoms with E-state index in [2.05, 4.69) is 21.3 Å². The van der Waals surface area contributed by atoms with E-state index < -0.39 is 0 Å². The van der Waals surface area contributed by atoms with Crippen LogP contribution < -0.4 is 0 Å². The average molecular weight is 318 g/mol. The number of hydrogen-bond acceptors (Lipinski definition) is 5. The van der Waals surface area contributed by atoms with E-state index in [0.717, 1.165) is 24.1 Å². The Balaban J connectivity index is 1.99. The van der Waals surface area contributed by atoms with E-state index >= 15 is 0 Å². The van der Waals surface area contributed by atoms with Crippen molar-refractivity contribution in [3.05, 3.63) is 24.3 Å². The summed E-state index contributed by atoms with van der Waals surface area (Å²) < 4.78 is 13.8. The molecule has 23 heavy (non-hydrogen) atoms. The number of likely N-dealkylation sites (tertiary alicyclic amines) is 1. The maximum absolute atomic E-state index is 5.92. The van der Waals surface area contributed by atoms with Crippen molar-refractivity contribution in [2.24, 2.45) is 0 Å². The van der Waals surface area contributed by atoms with E-state index in [1.165, 1.54) is 19.3 Å². The van der Waals surface area contributed by atoms with Crippen LogP contribution in [0.4, 0.5) is 0 Å². The lowest BCUT2D eigenvalue weighted by Crippen LogP contribution is -2.45. The summed E-state index contributed by atoms with van der Waals surface area (Å²) in [7, 11) is 0. The maximum Gasteiger partial charge on any atom is 0.193 e. The molecule has 6 nitrogen and oxygen atoms in total. The molecule has 1 fully saturated rings. The first kappa shape index (κ1) is 16.4. The summed E-state index contributed by atoms with van der Waals surface area (Å²) in [6.07, 6.45) is 3.27. The normalized spacial score (nSPS) is 17.9. The van der Waals surface area contributed by atoms with E-state index in [-0.39, 0.29) is 12.5 Å². The molecule has 0 N–H and O–H groups in total. The molecule has 1 aromatic heterocycles. The first-order valence-electron chi connectivity index (χ1n) is 8.62. The van der Waals surface area contributed by atoms with Crippen LogP contribution in [0.15, 0.2) is 24.3 Å². The van der Waals surface area contributed by atoms with Crippen LogP contribution in [0.2, 0.25) is 0 Å². The highest BCUT2D eigenvalue weighted by molar-refractivity contribution is 5.73. The molecule has 6 heteroatoms. The van der Waals surface area contributed by atoms with Gasteiger partial charge in [-0.15, -0.1) is 5.10 Å². The molecule has 0 saturated carbocycles. The highest BCUT2D eigenvalue weighted by Crippen LogP contribution is 2.27. The van der Waals surface area contributed by atoms with Crippen molar-refractivity contribution >= 4 is 11.0 Å². The molecule has 0 amide bonds. The summed E-state index contributed by atoms with van der Waals surface area (Å²) in [5.41, 5.74) is 1.92. The van der Waals surface area contributed by atoms with Crippen LogP contribution in [-0.4, -0.2) is 52.5 Å². The smallest absolute Gasteiger partial charge is 0.193 e. The third-order valence-electron chi connectivity index (χ3n) is 4.30. The second-order valence-electron chi connectivity index (χ2n) is 5.81. The molecule has 2 heterocycles. The van der Waals surface area contributed by atoms with Crippen LogP contribution in [0.25, 0.3) is 11.0 Å². The van der Waals surface area contributed by atoms with Crippen LogP contribution in [0, 0.1) is 0 Å². The molecule has 0 bridgehead atoms. The lowest BCUT2D eigenvalue weighted by atomic mass is 10.1. The van der Waals surface area contributed by atoms with Crippen molar-refractivity contribution in [1.82, 2.24) is 19.9 Å². The molecule has 0 radical (unpaired) electrons. The van der Waals surface area contributed by atoms with Gasteiger partial charge in [0.25, 0.3) is 0 Å². The second kappa shape index (κ2) is 7.86. The van der Waals surface area contributed by atoms with E-state index in [9.17, 15) is 0 Å². The van der Waals surface area contributed by atoms with Crippen molar-refractivity contribution in [3.8, 4) is 0 Å².